The molecule has 8 heteroatoms. The molecule has 0 aliphatic carbocycles. The van der Waals surface area contributed by atoms with E-state index >= 15 is 0 Å². The first-order valence-corrected chi connectivity index (χ1v) is 12.0. The predicted octanol–water partition coefficient (Wildman–Crippen LogP) is 5.00. The third-order valence-corrected chi connectivity index (χ3v) is 7.18. The van der Waals surface area contributed by atoms with Gasteiger partial charge >= 0.3 is 0 Å². The van der Waals surface area contributed by atoms with Crippen molar-refractivity contribution in [1.82, 2.24) is 19.8 Å². The molecule has 0 amide bonds. The smallest absolute Gasteiger partial charge is 0.170 e. The van der Waals surface area contributed by atoms with Crippen LogP contribution in [0.5, 0.6) is 5.75 Å². The van der Waals surface area contributed by atoms with Crippen molar-refractivity contribution in [3.8, 4) is 11.4 Å². The van der Waals surface area contributed by atoms with Crippen molar-refractivity contribution in [3.05, 3.63) is 76.3 Å². The first-order chi connectivity index (χ1) is 15.9. The Balaban J connectivity index is 1.61. The van der Waals surface area contributed by atoms with Gasteiger partial charge in [0.25, 0.3) is 0 Å². The molecule has 33 heavy (non-hydrogen) atoms. The van der Waals surface area contributed by atoms with Gasteiger partial charge < -0.3 is 24.6 Å². The summed E-state index contributed by atoms with van der Waals surface area (Å²) in [6, 6.07) is 13.1. The second-order valence-electron chi connectivity index (χ2n) is 8.71. The lowest BCUT2D eigenvalue weighted by atomic mass is 9.96. The van der Waals surface area contributed by atoms with Crippen LogP contribution in [0.2, 0.25) is 5.02 Å². The van der Waals surface area contributed by atoms with Crippen LogP contribution in [-0.4, -0.2) is 43.9 Å². The van der Waals surface area contributed by atoms with Gasteiger partial charge in [0.1, 0.15) is 5.75 Å². The molecule has 0 unspecified atom stereocenters. The molecule has 2 saturated heterocycles. The van der Waals surface area contributed by atoms with Crippen molar-refractivity contribution in [3.63, 3.8) is 0 Å². The molecule has 2 fully saturated rings. The maximum atomic E-state index is 10.6. The Bertz CT molecular complexity index is 1180. The Morgan fingerprint density at radius 2 is 2.09 bits per heavy atom. The standard InChI is InChI=1S/C25H27ClN4O2S/c1-15-12-19(16(2)30(15)21-13-17(26)8-9-22(21)31)24-23(20-7-3-4-10-27-20)28-25(33)29(24)14-18-6-5-11-32-18/h3-4,7-10,12-13,18,23-24,31H,5-6,11,14H2,1-2H3,(H,28,33)/t18-,23-,24-/m1/s1. The topological polar surface area (TPSA) is 62.5 Å². The Kier molecular flexibility index (Phi) is 6.03. The highest BCUT2D eigenvalue weighted by molar-refractivity contribution is 7.80. The second-order valence-corrected chi connectivity index (χ2v) is 9.53. The van der Waals surface area contributed by atoms with E-state index in [4.69, 9.17) is 28.6 Å². The predicted molar refractivity (Wildman–Crippen MR) is 133 cm³/mol. The maximum Gasteiger partial charge on any atom is 0.170 e. The van der Waals surface area contributed by atoms with Crippen molar-refractivity contribution in [1.29, 1.82) is 0 Å². The Labute approximate surface area is 204 Å². The maximum absolute atomic E-state index is 10.6. The third-order valence-electron chi connectivity index (χ3n) is 6.59. The fourth-order valence-electron chi connectivity index (χ4n) is 5.08. The van der Waals surface area contributed by atoms with Crippen LogP contribution >= 0.6 is 23.8 Å². The summed E-state index contributed by atoms with van der Waals surface area (Å²) < 4.78 is 8.00. The quantitative estimate of drug-likeness (QED) is 0.499. The molecule has 172 valence electrons. The van der Waals surface area contributed by atoms with E-state index in [9.17, 15) is 5.11 Å². The zero-order chi connectivity index (χ0) is 23.1. The molecule has 2 N–H and O–H groups in total. The molecule has 3 atom stereocenters. The zero-order valence-electron chi connectivity index (χ0n) is 18.7. The highest BCUT2D eigenvalue weighted by Gasteiger charge is 2.42. The van der Waals surface area contributed by atoms with Crippen LogP contribution < -0.4 is 5.32 Å². The number of nitrogens with zero attached hydrogens (tertiary/aromatic N) is 3. The largest absolute Gasteiger partial charge is 0.506 e. The van der Waals surface area contributed by atoms with Gasteiger partial charge in [0, 0.05) is 35.8 Å². The monoisotopic (exact) mass is 482 g/mol. The van der Waals surface area contributed by atoms with E-state index in [2.05, 4.69) is 32.8 Å². The van der Waals surface area contributed by atoms with E-state index in [0.717, 1.165) is 48.6 Å². The third kappa shape index (κ3) is 4.09. The van der Waals surface area contributed by atoms with Gasteiger partial charge in [-0.2, -0.15) is 0 Å². The number of halogens is 1. The molecular formula is C25H27ClN4O2S. The first kappa shape index (κ1) is 22.2. The summed E-state index contributed by atoms with van der Waals surface area (Å²) >= 11 is 12.1. The first-order valence-electron chi connectivity index (χ1n) is 11.2. The van der Waals surface area contributed by atoms with Crippen LogP contribution in [0.25, 0.3) is 5.69 Å². The van der Waals surface area contributed by atoms with Crippen LogP contribution in [0.15, 0.2) is 48.7 Å². The minimum absolute atomic E-state index is 0.0575. The average Bonchev–Trinajstić information content (AvgIpc) is 3.50. The number of aryl methyl sites for hydroxylation is 1. The highest BCUT2D eigenvalue weighted by Crippen LogP contribution is 2.42. The van der Waals surface area contributed by atoms with Crippen molar-refractivity contribution in [2.75, 3.05) is 13.2 Å². The second kappa shape index (κ2) is 8.97. The van der Waals surface area contributed by atoms with Gasteiger partial charge in [-0.05, 0) is 80.9 Å². The van der Waals surface area contributed by atoms with Gasteiger partial charge in [0.2, 0.25) is 0 Å². The summed E-state index contributed by atoms with van der Waals surface area (Å²) in [5.74, 6) is 0.185. The van der Waals surface area contributed by atoms with Gasteiger partial charge in [-0.3, -0.25) is 4.98 Å². The van der Waals surface area contributed by atoms with E-state index in [0.29, 0.717) is 15.8 Å². The van der Waals surface area contributed by atoms with E-state index in [1.165, 1.54) is 0 Å². The number of thiocarbonyl (C=S) groups is 1. The number of benzene rings is 1. The van der Waals surface area contributed by atoms with E-state index in [-0.39, 0.29) is 23.9 Å². The molecule has 2 aromatic heterocycles. The van der Waals surface area contributed by atoms with E-state index < -0.39 is 0 Å². The van der Waals surface area contributed by atoms with Crippen LogP contribution in [0.1, 0.15) is 47.6 Å². The zero-order valence-corrected chi connectivity index (χ0v) is 20.2. The Morgan fingerprint density at radius 1 is 1.24 bits per heavy atom. The van der Waals surface area contributed by atoms with Crippen molar-refractivity contribution in [2.45, 2.75) is 44.9 Å². The lowest BCUT2D eigenvalue weighted by Crippen LogP contribution is -2.36. The molecule has 2 aliphatic rings. The molecule has 0 spiro atoms. The molecule has 1 aromatic carbocycles. The summed E-state index contributed by atoms with van der Waals surface area (Å²) in [5, 5.41) is 15.4. The molecule has 4 heterocycles. The number of nitrogens with one attached hydrogen (secondary N) is 1. The van der Waals surface area contributed by atoms with Crippen molar-refractivity contribution < 1.29 is 9.84 Å². The highest BCUT2D eigenvalue weighted by atomic mass is 35.5. The number of pyridine rings is 1. The van der Waals surface area contributed by atoms with Gasteiger partial charge in [0.05, 0.1) is 29.6 Å². The lowest BCUT2D eigenvalue weighted by molar-refractivity contribution is 0.0842. The number of ether oxygens (including phenoxy) is 1. The number of hydrogen-bond donors (Lipinski definition) is 2. The molecule has 0 radical (unpaired) electrons. The van der Waals surface area contributed by atoms with E-state index in [1.54, 1.807) is 18.2 Å². The fraction of sp³-hybridized carbons (Fsp3) is 0.360. The number of phenolic OH excluding ortho intramolecular Hbond substituents is 1. The van der Waals surface area contributed by atoms with Crippen LogP contribution in [0.3, 0.4) is 0 Å². The summed E-state index contributed by atoms with van der Waals surface area (Å²) in [6.45, 7) is 5.64. The Morgan fingerprint density at radius 3 is 2.82 bits per heavy atom. The summed E-state index contributed by atoms with van der Waals surface area (Å²) in [6.07, 6.45) is 4.09. The molecule has 0 bridgehead atoms. The van der Waals surface area contributed by atoms with Gasteiger partial charge in [0.15, 0.2) is 5.11 Å². The average molecular weight is 483 g/mol. The number of hydrogen-bond acceptors (Lipinski definition) is 4. The minimum Gasteiger partial charge on any atom is -0.506 e. The van der Waals surface area contributed by atoms with Crippen LogP contribution in [0, 0.1) is 13.8 Å². The molecule has 5 rings (SSSR count). The normalized spacial score (nSPS) is 22.7. The number of aromatic hydroxyl groups is 1. The molecule has 3 aromatic rings. The minimum atomic E-state index is -0.0954. The van der Waals surface area contributed by atoms with Crippen molar-refractivity contribution >= 4 is 28.9 Å². The van der Waals surface area contributed by atoms with Gasteiger partial charge in [-0.1, -0.05) is 17.7 Å². The molecule has 6 nitrogen and oxygen atoms in total. The van der Waals surface area contributed by atoms with E-state index in [1.807, 2.05) is 31.3 Å². The summed E-state index contributed by atoms with van der Waals surface area (Å²) in [7, 11) is 0. The number of phenols is 1. The molecule has 2 aliphatic heterocycles. The van der Waals surface area contributed by atoms with Gasteiger partial charge in [-0.25, -0.2) is 0 Å². The summed E-state index contributed by atoms with van der Waals surface area (Å²) in [5.41, 5.74) is 4.77. The van der Waals surface area contributed by atoms with Crippen molar-refractivity contribution in [2.24, 2.45) is 0 Å². The molecule has 0 saturated carbocycles. The number of aromatic nitrogens is 2. The lowest BCUT2D eigenvalue weighted by Gasteiger charge is -2.30. The fourth-order valence-corrected chi connectivity index (χ4v) is 5.56. The Hall–Kier alpha value is -2.61. The summed E-state index contributed by atoms with van der Waals surface area (Å²) in [4.78, 5) is 6.88. The number of rotatable bonds is 5. The van der Waals surface area contributed by atoms with Crippen LogP contribution in [-0.2, 0) is 4.74 Å². The van der Waals surface area contributed by atoms with Crippen LogP contribution in [0.4, 0.5) is 0 Å². The SMILES string of the molecule is Cc1cc([C@@H]2[C@@H](c3ccccn3)NC(=S)N2C[C@H]2CCCO2)c(C)n1-c1cc(Cl)ccc1O. The molecular weight excluding hydrogens is 456 g/mol. The van der Waals surface area contributed by atoms with Gasteiger partial charge in [-0.15, -0.1) is 0 Å².